The third-order valence-electron chi connectivity index (χ3n) is 2.23. The second kappa shape index (κ2) is 3.67. The Labute approximate surface area is 87.1 Å². The van der Waals surface area contributed by atoms with Crippen LogP contribution in [0.2, 0.25) is 0 Å². The molecule has 15 heavy (non-hydrogen) atoms. The summed E-state index contributed by atoms with van der Waals surface area (Å²) >= 11 is 0. The van der Waals surface area contributed by atoms with Gasteiger partial charge in [-0.15, -0.1) is 0 Å². The van der Waals surface area contributed by atoms with Crippen LogP contribution in [0.3, 0.4) is 0 Å². The molecule has 0 unspecified atom stereocenters. The number of benzene rings is 1. The minimum atomic E-state index is -0.329. The molecule has 4 nitrogen and oxygen atoms in total. The summed E-state index contributed by atoms with van der Waals surface area (Å²) in [6.07, 6.45) is 1.52. The second-order valence-corrected chi connectivity index (χ2v) is 3.39. The van der Waals surface area contributed by atoms with Crippen LogP contribution in [0.4, 0.5) is 0 Å². The van der Waals surface area contributed by atoms with Gasteiger partial charge in [0.1, 0.15) is 0 Å². The first-order chi connectivity index (χ1) is 7.20. The number of rotatable bonds is 1. The van der Waals surface area contributed by atoms with Crippen LogP contribution in [0.15, 0.2) is 30.5 Å². The third-order valence-corrected chi connectivity index (χ3v) is 2.23. The minimum absolute atomic E-state index is 0.329. The van der Waals surface area contributed by atoms with E-state index in [0.717, 1.165) is 16.5 Å². The van der Waals surface area contributed by atoms with Crippen molar-refractivity contribution in [3.8, 4) is 0 Å². The van der Waals surface area contributed by atoms with Crippen molar-refractivity contribution >= 4 is 16.8 Å². The smallest absolute Gasteiger partial charge is 0.266 e. The van der Waals surface area contributed by atoms with Crippen molar-refractivity contribution in [3.63, 3.8) is 0 Å². The molecule has 2 rings (SSSR count). The molecule has 1 heterocycles. The van der Waals surface area contributed by atoms with Gasteiger partial charge < -0.3 is 0 Å². The van der Waals surface area contributed by atoms with Crippen molar-refractivity contribution in [2.75, 3.05) is 0 Å². The van der Waals surface area contributed by atoms with Crippen LogP contribution in [-0.4, -0.2) is 10.9 Å². The third kappa shape index (κ3) is 1.80. The van der Waals surface area contributed by atoms with Crippen LogP contribution in [0, 0.1) is 6.92 Å². The molecule has 0 saturated carbocycles. The predicted octanol–water partition coefficient (Wildman–Crippen LogP) is 1.15. The summed E-state index contributed by atoms with van der Waals surface area (Å²) in [4.78, 5) is 15.4. The Kier molecular flexibility index (Phi) is 2.35. The molecule has 3 N–H and O–H groups in total. The SMILES string of the molecule is Cc1ccc2cc(C(=O)NN)cnc2c1. The summed E-state index contributed by atoms with van der Waals surface area (Å²) in [5.74, 6) is 4.72. The van der Waals surface area contributed by atoms with E-state index in [9.17, 15) is 4.79 Å². The number of nitrogens with zero attached hydrogens (tertiary/aromatic N) is 1. The molecule has 0 spiro atoms. The molecule has 4 heteroatoms. The van der Waals surface area contributed by atoms with Crippen molar-refractivity contribution in [1.29, 1.82) is 0 Å². The molecular weight excluding hydrogens is 190 g/mol. The van der Waals surface area contributed by atoms with Gasteiger partial charge in [-0.25, -0.2) is 5.84 Å². The lowest BCUT2D eigenvalue weighted by Gasteiger charge is -2.02. The molecule has 0 atom stereocenters. The van der Waals surface area contributed by atoms with Crippen LogP contribution in [0.5, 0.6) is 0 Å². The first-order valence-electron chi connectivity index (χ1n) is 4.58. The quantitative estimate of drug-likeness (QED) is 0.413. The van der Waals surface area contributed by atoms with Crippen molar-refractivity contribution in [2.24, 2.45) is 5.84 Å². The molecule has 0 radical (unpaired) electrons. The summed E-state index contributed by atoms with van der Waals surface area (Å²) < 4.78 is 0. The Morgan fingerprint density at radius 3 is 2.93 bits per heavy atom. The molecule has 1 aromatic heterocycles. The van der Waals surface area contributed by atoms with E-state index in [2.05, 4.69) is 10.4 Å². The predicted molar refractivity (Wildman–Crippen MR) is 58.1 cm³/mol. The summed E-state index contributed by atoms with van der Waals surface area (Å²) in [6, 6.07) is 7.66. The molecule has 1 aromatic carbocycles. The number of carbonyl (C=O) groups is 1. The van der Waals surface area contributed by atoms with Gasteiger partial charge in [-0.3, -0.25) is 15.2 Å². The van der Waals surface area contributed by atoms with Gasteiger partial charge in [0, 0.05) is 11.6 Å². The van der Waals surface area contributed by atoms with Gasteiger partial charge in [0.05, 0.1) is 11.1 Å². The zero-order valence-electron chi connectivity index (χ0n) is 8.32. The molecule has 76 valence electrons. The van der Waals surface area contributed by atoms with Gasteiger partial charge in [0.15, 0.2) is 0 Å². The average molecular weight is 201 g/mol. The van der Waals surface area contributed by atoms with Crippen molar-refractivity contribution < 1.29 is 4.79 Å². The van der Waals surface area contributed by atoms with E-state index in [1.54, 1.807) is 6.07 Å². The van der Waals surface area contributed by atoms with Crippen molar-refractivity contribution in [1.82, 2.24) is 10.4 Å². The summed E-state index contributed by atoms with van der Waals surface area (Å²) in [5, 5.41) is 0.932. The molecular formula is C11H11N3O. The van der Waals surface area contributed by atoms with Gasteiger partial charge in [-0.1, -0.05) is 12.1 Å². The van der Waals surface area contributed by atoms with Gasteiger partial charge in [0.2, 0.25) is 0 Å². The number of hydrazine groups is 1. The molecule has 0 bridgehead atoms. The van der Waals surface area contributed by atoms with Crippen LogP contribution in [0.25, 0.3) is 10.9 Å². The van der Waals surface area contributed by atoms with Gasteiger partial charge >= 0.3 is 0 Å². The number of carbonyl (C=O) groups excluding carboxylic acids is 1. The fourth-order valence-electron chi connectivity index (χ4n) is 1.44. The van der Waals surface area contributed by atoms with E-state index in [1.807, 2.05) is 25.1 Å². The van der Waals surface area contributed by atoms with Gasteiger partial charge in [0.25, 0.3) is 5.91 Å². The number of hydrogen-bond acceptors (Lipinski definition) is 3. The minimum Gasteiger partial charge on any atom is -0.290 e. The Hall–Kier alpha value is -1.94. The molecule has 0 aliphatic carbocycles. The van der Waals surface area contributed by atoms with Crippen LogP contribution < -0.4 is 11.3 Å². The fourth-order valence-corrected chi connectivity index (χ4v) is 1.44. The second-order valence-electron chi connectivity index (χ2n) is 3.39. The number of aryl methyl sites for hydroxylation is 1. The lowest BCUT2D eigenvalue weighted by Crippen LogP contribution is -2.30. The van der Waals surface area contributed by atoms with E-state index < -0.39 is 0 Å². The summed E-state index contributed by atoms with van der Waals surface area (Å²) in [6.45, 7) is 2.00. The number of pyridine rings is 1. The topological polar surface area (TPSA) is 68.0 Å². The number of amides is 1. The standard InChI is InChI=1S/C11H11N3O/c1-7-2-3-8-5-9(11(15)14-12)6-13-10(8)4-7/h2-6H,12H2,1H3,(H,14,15). The average Bonchev–Trinajstić information content (AvgIpc) is 2.27. The molecule has 2 aromatic rings. The maximum absolute atomic E-state index is 11.2. The zero-order chi connectivity index (χ0) is 10.8. The highest BCUT2D eigenvalue weighted by molar-refractivity contribution is 5.96. The monoisotopic (exact) mass is 201 g/mol. The molecule has 0 saturated heterocycles. The largest absolute Gasteiger partial charge is 0.290 e. The highest BCUT2D eigenvalue weighted by Gasteiger charge is 2.04. The lowest BCUT2D eigenvalue weighted by atomic mass is 10.1. The Morgan fingerprint density at radius 1 is 1.40 bits per heavy atom. The Morgan fingerprint density at radius 2 is 2.20 bits per heavy atom. The van der Waals surface area contributed by atoms with Crippen molar-refractivity contribution in [2.45, 2.75) is 6.92 Å². The Balaban J connectivity index is 2.57. The first kappa shape index (κ1) is 9.61. The molecule has 0 aliphatic heterocycles. The van der Waals surface area contributed by atoms with Crippen LogP contribution in [0.1, 0.15) is 15.9 Å². The van der Waals surface area contributed by atoms with Crippen LogP contribution >= 0.6 is 0 Å². The summed E-state index contributed by atoms with van der Waals surface area (Å²) in [7, 11) is 0. The highest BCUT2D eigenvalue weighted by Crippen LogP contribution is 2.14. The van der Waals surface area contributed by atoms with Gasteiger partial charge in [-0.2, -0.15) is 0 Å². The van der Waals surface area contributed by atoms with E-state index >= 15 is 0 Å². The maximum Gasteiger partial charge on any atom is 0.266 e. The van der Waals surface area contributed by atoms with E-state index in [1.165, 1.54) is 6.20 Å². The number of nitrogens with two attached hydrogens (primary N) is 1. The van der Waals surface area contributed by atoms with E-state index in [0.29, 0.717) is 5.56 Å². The number of fused-ring (bicyclic) bond motifs is 1. The Bertz CT molecular complexity index is 522. The van der Waals surface area contributed by atoms with E-state index in [4.69, 9.17) is 5.84 Å². The van der Waals surface area contributed by atoms with Crippen LogP contribution in [-0.2, 0) is 0 Å². The molecule has 0 fully saturated rings. The molecule has 1 amide bonds. The van der Waals surface area contributed by atoms with Gasteiger partial charge in [-0.05, 0) is 24.6 Å². The zero-order valence-corrected chi connectivity index (χ0v) is 8.32. The van der Waals surface area contributed by atoms with Crippen molar-refractivity contribution in [3.05, 3.63) is 41.6 Å². The fraction of sp³-hybridized carbons (Fsp3) is 0.0909. The number of nitrogen functional groups attached to an aromatic ring is 1. The lowest BCUT2D eigenvalue weighted by molar-refractivity contribution is 0.0953. The highest BCUT2D eigenvalue weighted by atomic mass is 16.2. The van der Waals surface area contributed by atoms with E-state index in [-0.39, 0.29) is 5.91 Å². The number of hydrogen-bond donors (Lipinski definition) is 2. The number of nitrogens with one attached hydrogen (secondary N) is 1. The maximum atomic E-state index is 11.2. The normalized spacial score (nSPS) is 10.3. The number of aromatic nitrogens is 1. The molecule has 0 aliphatic rings. The summed E-state index contributed by atoms with van der Waals surface area (Å²) in [5.41, 5.74) is 4.57. The first-order valence-corrected chi connectivity index (χ1v) is 4.58.